The normalized spacial score (nSPS) is 25.8. The average molecular weight is 320 g/mol. The molecule has 90 valence electrons. The van der Waals surface area contributed by atoms with E-state index in [1.165, 1.54) is 11.3 Å². The van der Waals surface area contributed by atoms with Gasteiger partial charge in [0.1, 0.15) is 0 Å². The van der Waals surface area contributed by atoms with Gasteiger partial charge in [-0.2, -0.15) is 0 Å². The van der Waals surface area contributed by atoms with E-state index in [-0.39, 0.29) is 22.8 Å². The fraction of sp³-hybridized carbons (Fsp3) is 0.556. The molecular weight excluding hydrogens is 311 g/mol. The first kappa shape index (κ1) is 13.0. The first-order valence-electron chi connectivity index (χ1n) is 4.68. The van der Waals surface area contributed by atoms with Gasteiger partial charge >= 0.3 is 0 Å². The predicted octanol–water partition coefficient (Wildman–Crippen LogP) is 3.77. The fourth-order valence-electron chi connectivity index (χ4n) is 1.85. The topological polar surface area (TPSA) is 34.1 Å². The van der Waals surface area contributed by atoms with E-state index in [0.717, 1.165) is 5.56 Å². The van der Waals surface area contributed by atoms with Crippen LogP contribution in [0.15, 0.2) is 6.07 Å². The van der Waals surface area contributed by atoms with E-state index >= 15 is 0 Å². The van der Waals surface area contributed by atoms with E-state index < -0.39 is 9.84 Å². The van der Waals surface area contributed by atoms with Gasteiger partial charge in [0.2, 0.25) is 0 Å². The lowest BCUT2D eigenvalue weighted by Crippen LogP contribution is -2.10. The summed E-state index contributed by atoms with van der Waals surface area (Å²) in [5.41, 5.74) is 0.750. The van der Waals surface area contributed by atoms with Crippen molar-refractivity contribution in [3.05, 3.63) is 20.3 Å². The summed E-state index contributed by atoms with van der Waals surface area (Å²) in [6.45, 7) is 0. The number of rotatable bonds is 2. The van der Waals surface area contributed by atoms with Gasteiger partial charge in [-0.15, -0.1) is 22.9 Å². The third kappa shape index (κ3) is 2.67. The molecule has 0 N–H and O–H groups in total. The number of sulfone groups is 1. The Morgan fingerprint density at radius 1 is 1.44 bits per heavy atom. The molecule has 0 amide bonds. The molecule has 1 fully saturated rings. The maximum atomic E-state index is 11.4. The molecule has 16 heavy (non-hydrogen) atoms. The molecule has 0 aromatic carbocycles. The highest BCUT2D eigenvalue weighted by Gasteiger charge is 2.34. The van der Waals surface area contributed by atoms with Crippen molar-refractivity contribution >= 4 is 56.0 Å². The minimum Gasteiger partial charge on any atom is -0.229 e. The van der Waals surface area contributed by atoms with Gasteiger partial charge in [0.25, 0.3) is 0 Å². The Kier molecular flexibility index (Phi) is 3.77. The molecule has 1 aliphatic heterocycles. The van der Waals surface area contributed by atoms with Crippen LogP contribution in [-0.2, 0) is 9.84 Å². The molecule has 2 atom stereocenters. The van der Waals surface area contributed by atoms with Gasteiger partial charge in [-0.25, -0.2) is 8.42 Å². The maximum absolute atomic E-state index is 11.4. The lowest BCUT2D eigenvalue weighted by Gasteiger charge is -2.14. The molecule has 2 nitrogen and oxygen atoms in total. The lowest BCUT2D eigenvalue weighted by atomic mass is 10.0. The number of alkyl halides is 1. The second-order valence-electron chi connectivity index (χ2n) is 3.84. The van der Waals surface area contributed by atoms with Gasteiger partial charge < -0.3 is 0 Å². The van der Waals surface area contributed by atoms with Crippen LogP contribution in [0.25, 0.3) is 0 Å². The standard InChI is InChI=1S/C9H9Cl3O2S2/c10-7-3-6(9(12)15-7)8(11)5-1-2-16(13,14)4-5/h3,5,8H,1-2,4H2. The summed E-state index contributed by atoms with van der Waals surface area (Å²) < 4.78 is 23.8. The lowest BCUT2D eigenvalue weighted by molar-refractivity contribution is 0.570. The van der Waals surface area contributed by atoms with Crippen LogP contribution in [0.1, 0.15) is 17.4 Å². The number of halogens is 3. The molecule has 0 aliphatic carbocycles. The Bertz CT molecular complexity index is 495. The highest BCUT2D eigenvalue weighted by atomic mass is 35.5. The summed E-state index contributed by atoms with van der Waals surface area (Å²) in [5.74, 6) is 0.302. The predicted molar refractivity (Wildman–Crippen MR) is 69.7 cm³/mol. The van der Waals surface area contributed by atoms with Crippen molar-refractivity contribution in [2.45, 2.75) is 11.8 Å². The van der Waals surface area contributed by atoms with Crippen LogP contribution in [-0.4, -0.2) is 19.9 Å². The molecule has 2 rings (SSSR count). The van der Waals surface area contributed by atoms with Crippen LogP contribution in [0.4, 0.5) is 0 Å². The number of thiophene rings is 1. The summed E-state index contributed by atoms with van der Waals surface area (Å²) in [5, 5.41) is -0.367. The Morgan fingerprint density at radius 2 is 2.12 bits per heavy atom. The zero-order valence-electron chi connectivity index (χ0n) is 8.12. The maximum Gasteiger partial charge on any atom is 0.150 e. The average Bonchev–Trinajstić information content (AvgIpc) is 2.68. The summed E-state index contributed by atoms with van der Waals surface area (Å²) >= 11 is 19.3. The van der Waals surface area contributed by atoms with Gasteiger partial charge in [0.05, 0.1) is 25.6 Å². The minimum atomic E-state index is -2.91. The molecule has 0 saturated carbocycles. The Labute approximate surface area is 113 Å². The van der Waals surface area contributed by atoms with Crippen molar-refractivity contribution in [3.8, 4) is 0 Å². The summed E-state index contributed by atoms with van der Waals surface area (Å²) in [4.78, 5) is 0. The molecule has 1 aromatic heterocycles. The van der Waals surface area contributed by atoms with Gasteiger partial charge in [-0.05, 0) is 18.4 Å². The van der Waals surface area contributed by atoms with Crippen molar-refractivity contribution in [1.29, 1.82) is 0 Å². The molecule has 0 bridgehead atoms. The second kappa shape index (κ2) is 4.65. The molecule has 1 aromatic rings. The number of hydrogen-bond acceptors (Lipinski definition) is 3. The van der Waals surface area contributed by atoms with E-state index in [0.29, 0.717) is 15.1 Å². The smallest absolute Gasteiger partial charge is 0.150 e. The molecular formula is C9H9Cl3O2S2. The Balaban J connectivity index is 2.20. The van der Waals surface area contributed by atoms with Crippen LogP contribution in [0.2, 0.25) is 8.67 Å². The van der Waals surface area contributed by atoms with Crippen molar-refractivity contribution in [2.24, 2.45) is 5.92 Å². The van der Waals surface area contributed by atoms with Crippen molar-refractivity contribution in [2.75, 3.05) is 11.5 Å². The van der Waals surface area contributed by atoms with Crippen molar-refractivity contribution < 1.29 is 8.42 Å². The first-order valence-corrected chi connectivity index (χ1v) is 8.51. The summed E-state index contributed by atoms with van der Waals surface area (Å²) in [7, 11) is -2.91. The molecule has 1 aliphatic rings. The van der Waals surface area contributed by atoms with E-state index in [2.05, 4.69) is 0 Å². The van der Waals surface area contributed by atoms with E-state index in [4.69, 9.17) is 34.8 Å². The van der Waals surface area contributed by atoms with Gasteiger partial charge in [-0.1, -0.05) is 23.2 Å². The second-order valence-corrected chi connectivity index (χ2v) is 8.83. The summed E-state index contributed by atoms with van der Waals surface area (Å²) in [6.07, 6.45) is 0.598. The van der Waals surface area contributed by atoms with Crippen LogP contribution in [0.5, 0.6) is 0 Å². The third-order valence-corrected chi connectivity index (χ3v) is 6.56. The highest BCUT2D eigenvalue weighted by Crippen LogP contribution is 2.43. The minimum absolute atomic E-state index is 0.0603. The molecule has 0 radical (unpaired) electrons. The highest BCUT2D eigenvalue weighted by molar-refractivity contribution is 7.91. The van der Waals surface area contributed by atoms with Gasteiger partial charge in [0, 0.05) is 5.56 Å². The first-order chi connectivity index (χ1) is 7.39. The fourth-order valence-corrected chi connectivity index (χ4v) is 5.85. The molecule has 0 spiro atoms. The molecule has 2 unspecified atom stereocenters. The summed E-state index contributed by atoms with van der Waals surface area (Å²) in [6, 6.07) is 1.72. The Morgan fingerprint density at radius 3 is 2.56 bits per heavy atom. The van der Waals surface area contributed by atoms with E-state index in [1.807, 2.05) is 0 Å². The van der Waals surface area contributed by atoms with E-state index in [9.17, 15) is 8.42 Å². The molecule has 2 heterocycles. The van der Waals surface area contributed by atoms with Crippen molar-refractivity contribution in [3.63, 3.8) is 0 Å². The zero-order chi connectivity index (χ0) is 11.9. The number of hydrogen-bond donors (Lipinski definition) is 0. The van der Waals surface area contributed by atoms with Crippen molar-refractivity contribution in [1.82, 2.24) is 0 Å². The molecule has 7 heteroatoms. The monoisotopic (exact) mass is 318 g/mol. The van der Waals surface area contributed by atoms with Crippen LogP contribution < -0.4 is 0 Å². The third-order valence-electron chi connectivity index (χ3n) is 2.66. The van der Waals surface area contributed by atoms with Gasteiger partial charge in [0.15, 0.2) is 9.84 Å². The molecule has 1 saturated heterocycles. The Hall–Kier alpha value is 0.520. The largest absolute Gasteiger partial charge is 0.229 e. The van der Waals surface area contributed by atoms with Crippen LogP contribution in [0, 0.1) is 5.92 Å². The zero-order valence-corrected chi connectivity index (χ0v) is 12.0. The van der Waals surface area contributed by atoms with E-state index in [1.54, 1.807) is 6.07 Å². The van der Waals surface area contributed by atoms with Crippen LogP contribution >= 0.6 is 46.1 Å². The SMILES string of the molecule is O=S1(=O)CCC(C(Cl)c2cc(Cl)sc2Cl)C1. The van der Waals surface area contributed by atoms with Crippen LogP contribution in [0.3, 0.4) is 0 Å². The van der Waals surface area contributed by atoms with Gasteiger partial charge in [-0.3, -0.25) is 0 Å². The quantitative estimate of drug-likeness (QED) is 0.778.